The summed E-state index contributed by atoms with van der Waals surface area (Å²) in [4.78, 5) is 39.3. The zero-order valence-corrected chi connectivity index (χ0v) is 16.0. The summed E-state index contributed by atoms with van der Waals surface area (Å²) in [6.45, 7) is 1.72. The Morgan fingerprint density at radius 1 is 1.18 bits per heavy atom. The highest BCUT2D eigenvalue weighted by Gasteiger charge is 2.14. The fourth-order valence-electron chi connectivity index (χ4n) is 2.34. The Morgan fingerprint density at radius 3 is 2.71 bits per heavy atom. The van der Waals surface area contributed by atoms with Crippen LogP contribution >= 0.6 is 11.3 Å². The van der Waals surface area contributed by atoms with Crippen LogP contribution in [-0.4, -0.2) is 29.9 Å². The molecule has 0 saturated heterocycles. The van der Waals surface area contributed by atoms with Gasteiger partial charge < -0.3 is 14.5 Å². The highest BCUT2D eigenvalue weighted by Crippen LogP contribution is 2.27. The number of aromatic nitrogens is 1. The first-order valence-electron chi connectivity index (χ1n) is 8.25. The molecule has 2 aromatic heterocycles. The van der Waals surface area contributed by atoms with E-state index in [4.69, 9.17) is 4.42 Å². The van der Waals surface area contributed by atoms with Crippen LogP contribution in [-0.2, 0) is 16.1 Å². The van der Waals surface area contributed by atoms with Crippen molar-refractivity contribution in [1.29, 1.82) is 0 Å². The molecule has 2 N–H and O–H groups in total. The number of nitrogens with one attached hydrogen (secondary N) is 2. The fourth-order valence-corrected chi connectivity index (χ4v) is 3.04. The lowest BCUT2D eigenvalue weighted by atomic mass is 10.1. The van der Waals surface area contributed by atoms with Gasteiger partial charge in [0, 0.05) is 17.9 Å². The smallest absolute Gasteiger partial charge is 0.337 e. The first kappa shape index (κ1) is 19.3. The molecule has 0 saturated carbocycles. The van der Waals surface area contributed by atoms with E-state index in [-0.39, 0.29) is 11.5 Å². The lowest BCUT2D eigenvalue weighted by Crippen LogP contribution is -2.18. The Hall–Kier alpha value is -3.46. The van der Waals surface area contributed by atoms with Crippen LogP contribution in [0.2, 0.25) is 0 Å². The van der Waals surface area contributed by atoms with E-state index >= 15 is 0 Å². The van der Waals surface area contributed by atoms with Crippen molar-refractivity contribution in [2.24, 2.45) is 0 Å². The van der Waals surface area contributed by atoms with Crippen LogP contribution < -0.4 is 10.6 Å². The maximum Gasteiger partial charge on any atom is 0.337 e. The number of hydrogen-bond acceptors (Lipinski definition) is 7. The zero-order chi connectivity index (χ0) is 20.1. The molecule has 9 heteroatoms. The van der Waals surface area contributed by atoms with Crippen molar-refractivity contribution < 1.29 is 23.5 Å². The topological polar surface area (TPSA) is 111 Å². The van der Waals surface area contributed by atoms with Gasteiger partial charge in [-0.2, -0.15) is 0 Å². The third-order valence-electron chi connectivity index (χ3n) is 3.70. The van der Waals surface area contributed by atoms with Gasteiger partial charge in [0.2, 0.25) is 5.91 Å². The Labute approximate surface area is 164 Å². The highest BCUT2D eigenvalue weighted by molar-refractivity contribution is 7.14. The fraction of sp³-hybridized carbons (Fsp3) is 0.158. The van der Waals surface area contributed by atoms with Gasteiger partial charge >= 0.3 is 5.97 Å². The van der Waals surface area contributed by atoms with Gasteiger partial charge in [0.05, 0.1) is 19.2 Å². The molecule has 0 aliphatic rings. The van der Waals surface area contributed by atoms with Crippen molar-refractivity contribution in [2.45, 2.75) is 13.5 Å². The standard InChI is InChI=1S/C19H17N3O5S/c1-11(23)20-9-14-6-7-16(27-14)15-10-28-19(21-15)22-17(24)12-4-3-5-13(8-12)18(25)26-2/h3-8,10H,9H2,1-2H3,(H,20,23)(H,21,22,24). The van der Waals surface area contributed by atoms with Crippen molar-refractivity contribution in [1.82, 2.24) is 10.3 Å². The molecule has 0 bridgehead atoms. The van der Waals surface area contributed by atoms with Crippen molar-refractivity contribution >= 4 is 34.3 Å². The predicted molar refractivity (Wildman–Crippen MR) is 103 cm³/mol. The number of nitrogens with zero attached hydrogens (tertiary/aromatic N) is 1. The van der Waals surface area contributed by atoms with Crippen LogP contribution in [0.25, 0.3) is 11.5 Å². The first-order valence-corrected chi connectivity index (χ1v) is 9.13. The largest absolute Gasteiger partial charge is 0.465 e. The molecule has 28 heavy (non-hydrogen) atoms. The number of anilines is 1. The van der Waals surface area contributed by atoms with Gasteiger partial charge in [-0.1, -0.05) is 6.07 Å². The zero-order valence-electron chi connectivity index (χ0n) is 15.1. The number of rotatable bonds is 6. The number of furan rings is 1. The van der Waals surface area contributed by atoms with E-state index in [9.17, 15) is 14.4 Å². The molecule has 3 aromatic rings. The maximum absolute atomic E-state index is 12.4. The summed E-state index contributed by atoms with van der Waals surface area (Å²) in [6.07, 6.45) is 0. The number of thiazole rings is 1. The maximum atomic E-state index is 12.4. The molecule has 0 aliphatic carbocycles. The van der Waals surface area contributed by atoms with Crippen molar-refractivity contribution in [3.8, 4) is 11.5 Å². The highest BCUT2D eigenvalue weighted by atomic mass is 32.1. The number of methoxy groups -OCH3 is 1. The molecular formula is C19H17N3O5S. The summed E-state index contributed by atoms with van der Waals surface area (Å²) >= 11 is 1.25. The molecule has 144 valence electrons. The van der Waals surface area contributed by atoms with Gasteiger partial charge in [-0.25, -0.2) is 9.78 Å². The molecule has 1 aromatic carbocycles. The van der Waals surface area contributed by atoms with Crippen LogP contribution in [0.5, 0.6) is 0 Å². The van der Waals surface area contributed by atoms with E-state index in [1.165, 1.54) is 31.4 Å². The molecular weight excluding hydrogens is 382 g/mol. The monoisotopic (exact) mass is 399 g/mol. The van der Waals surface area contributed by atoms with Gasteiger partial charge in [-0.05, 0) is 30.3 Å². The van der Waals surface area contributed by atoms with Crippen molar-refractivity contribution in [2.75, 3.05) is 12.4 Å². The van der Waals surface area contributed by atoms with E-state index in [2.05, 4.69) is 20.4 Å². The average Bonchev–Trinajstić information content (AvgIpc) is 3.35. The van der Waals surface area contributed by atoms with Gasteiger partial charge in [-0.3, -0.25) is 14.9 Å². The summed E-state index contributed by atoms with van der Waals surface area (Å²) in [5.74, 6) is 0.0811. The summed E-state index contributed by atoms with van der Waals surface area (Å²) < 4.78 is 10.3. The Bertz CT molecular complexity index is 1020. The molecule has 0 aliphatic heterocycles. The SMILES string of the molecule is COC(=O)c1cccc(C(=O)Nc2nc(-c3ccc(CNC(C)=O)o3)cs2)c1. The summed E-state index contributed by atoms with van der Waals surface area (Å²) in [7, 11) is 1.28. The summed E-state index contributed by atoms with van der Waals surface area (Å²) in [6, 6.07) is 9.72. The van der Waals surface area contributed by atoms with Crippen LogP contribution in [0.4, 0.5) is 5.13 Å². The molecule has 0 spiro atoms. The minimum absolute atomic E-state index is 0.145. The molecule has 8 nitrogen and oxygen atoms in total. The predicted octanol–water partition coefficient (Wildman–Crippen LogP) is 3.08. The van der Waals surface area contributed by atoms with Crippen molar-refractivity contribution in [3.63, 3.8) is 0 Å². The molecule has 0 atom stereocenters. The normalized spacial score (nSPS) is 10.4. The lowest BCUT2D eigenvalue weighted by molar-refractivity contribution is -0.119. The second kappa shape index (κ2) is 8.49. The van der Waals surface area contributed by atoms with Gasteiger partial charge in [0.15, 0.2) is 10.9 Å². The molecule has 2 amide bonds. The van der Waals surface area contributed by atoms with Crippen LogP contribution in [0, 0.1) is 0 Å². The molecule has 0 fully saturated rings. The number of hydrogen-bond donors (Lipinski definition) is 2. The summed E-state index contributed by atoms with van der Waals surface area (Å²) in [5.41, 5.74) is 1.17. The van der Waals surface area contributed by atoms with Crippen LogP contribution in [0.15, 0.2) is 46.2 Å². The molecule has 3 rings (SSSR count). The number of amides is 2. The minimum Gasteiger partial charge on any atom is -0.465 e. The van der Waals surface area contributed by atoms with E-state index < -0.39 is 11.9 Å². The van der Waals surface area contributed by atoms with Gasteiger partial charge in [0.1, 0.15) is 11.5 Å². The number of benzene rings is 1. The second-order valence-corrected chi connectivity index (χ2v) is 6.60. The van der Waals surface area contributed by atoms with Crippen LogP contribution in [0.1, 0.15) is 33.4 Å². The number of esters is 1. The Kier molecular flexibility index (Phi) is 5.85. The molecule has 0 unspecified atom stereocenters. The van der Waals surface area contributed by atoms with E-state index in [1.807, 2.05) is 0 Å². The van der Waals surface area contributed by atoms with E-state index in [1.54, 1.807) is 35.7 Å². The number of carbonyl (C=O) groups is 3. The Balaban J connectivity index is 1.68. The first-order chi connectivity index (χ1) is 13.5. The molecule has 2 heterocycles. The van der Waals surface area contributed by atoms with E-state index in [0.29, 0.717) is 34.5 Å². The second-order valence-electron chi connectivity index (χ2n) is 5.74. The third kappa shape index (κ3) is 4.63. The minimum atomic E-state index is -0.515. The number of ether oxygens (including phenoxy) is 1. The molecule has 0 radical (unpaired) electrons. The third-order valence-corrected chi connectivity index (χ3v) is 4.45. The number of carbonyl (C=O) groups excluding carboxylic acids is 3. The van der Waals surface area contributed by atoms with Gasteiger partial charge in [-0.15, -0.1) is 11.3 Å². The van der Waals surface area contributed by atoms with Crippen molar-refractivity contribution in [3.05, 3.63) is 58.7 Å². The van der Waals surface area contributed by atoms with E-state index in [0.717, 1.165) is 0 Å². The lowest BCUT2D eigenvalue weighted by Gasteiger charge is -2.04. The average molecular weight is 399 g/mol. The quantitative estimate of drug-likeness (QED) is 0.616. The van der Waals surface area contributed by atoms with Crippen LogP contribution in [0.3, 0.4) is 0 Å². The summed E-state index contributed by atoms with van der Waals surface area (Å²) in [5, 5.41) is 7.49. The van der Waals surface area contributed by atoms with Gasteiger partial charge in [0.25, 0.3) is 5.91 Å². The Morgan fingerprint density at radius 2 is 1.96 bits per heavy atom.